The van der Waals surface area contributed by atoms with E-state index in [4.69, 9.17) is 4.89 Å². The van der Waals surface area contributed by atoms with E-state index in [-0.39, 0.29) is 40.6 Å². The number of halogens is 14. The third kappa shape index (κ3) is 245. The van der Waals surface area contributed by atoms with Crippen molar-refractivity contribution in [2.75, 3.05) is 0 Å². The Bertz CT molecular complexity index is 258. The Kier molecular flexibility index (Phi) is 27.9. The quantitative estimate of drug-likeness (QED) is 0.362. The Morgan fingerprint density at radius 1 is 0.625 bits per heavy atom. The maximum Gasteiger partial charge on any atom is 1.00 e. The van der Waals surface area contributed by atoms with Crippen LogP contribution < -0.4 is 37.7 Å². The minimum atomic E-state index is -6.00. The van der Waals surface area contributed by atoms with Crippen molar-refractivity contribution in [2.24, 2.45) is 0 Å². The van der Waals surface area contributed by atoms with Gasteiger partial charge in [0.1, 0.15) is 0 Å². The molecule has 0 aromatic carbocycles. The average Bonchev–Trinajstić information content (AvgIpc) is 2.09. The van der Waals surface area contributed by atoms with Gasteiger partial charge in [-0.05, 0) is 9.05 Å². The molecule has 0 aliphatic carbocycles. The van der Waals surface area contributed by atoms with Crippen molar-refractivity contribution in [2.45, 2.75) is 0 Å². The van der Waals surface area contributed by atoms with E-state index >= 15 is 0 Å². The summed E-state index contributed by atoms with van der Waals surface area (Å²) in [5.74, 6) is 0. The summed E-state index contributed by atoms with van der Waals surface area (Å²) in [6.45, 7) is 0. The van der Waals surface area contributed by atoms with Crippen LogP contribution in [-0.2, 0) is 14.0 Å². The van der Waals surface area contributed by atoms with Gasteiger partial charge in [-0.3, -0.25) is 4.89 Å². The minimum Gasteiger partial charge on any atom is -1.00 e. The monoisotopic (exact) mass is 411 g/mol. The molecular formula is H3B3F14Li2O4P-3. The molecular weight excluding hydrogens is 407 g/mol. The summed E-state index contributed by atoms with van der Waals surface area (Å²) in [5, 5.41) is 0. The van der Waals surface area contributed by atoms with Crippen molar-refractivity contribution < 1.29 is 120 Å². The van der Waals surface area contributed by atoms with Crippen LogP contribution in [0.2, 0.25) is 0 Å². The third-order valence-corrected chi connectivity index (χ3v) is 0.523. The molecule has 0 saturated heterocycles. The second-order valence-corrected chi connectivity index (χ2v) is 3.30. The van der Waals surface area contributed by atoms with Crippen LogP contribution in [-0.4, -0.2) is 26.7 Å². The van der Waals surface area contributed by atoms with Gasteiger partial charge in [-0.25, -0.2) is 4.57 Å². The van der Waals surface area contributed by atoms with Gasteiger partial charge >= 0.3 is 67.3 Å². The van der Waals surface area contributed by atoms with Crippen LogP contribution in [0.15, 0.2) is 0 Å². The van der Waals surface area contributed by atoms with Gasteiger partial charge in [0.15, 0.2) is 0 Å². The molecule has 0 amide bonds. The van der Waals surface area contributed by atoms with Gasteiger partial charge in [0.05, 0.1) is 0 Å². The van der Waals surface area contributed by atoms with Gasteiger partial charge in [0.25, 0.3) is 0 Å². The van der Waals surface area contributed by atoms with E-state index in [2.05, 4.69) is 9.46 Å². The van der Waals surface area contributed by atoms with Crippen LogP contribution in [0.3, 0.4) is 0 Å². The molecule has 0 bridgehead atoms. The van der Waals surface area contributed by atoms with Gasteiger partial charge < -0.3 is 54.6 Å². The first-order chi connectivity index (χ1) is 9.12. The molecule has 0 radical (unpaired) electrons. The van der Waals surface area contributed by atoms with Gasteiger partial charge in [-0.1, -0.05) is 9.46 Å². The molecule has 0 spiro atoms. The minimum absolute atomic E-state index is 0. The molecule has 0 rings (SSSR count). The number of phosphoric acid groups is 1. The molecule has 0 atom stereocenters. The van der Waals surface area contributed by atoms with Gasteiger partial charge in [-0.15, -0.1) is 0 Å². The largest absolute Gasteiger partial charge is 1.00 e. The van der Waals surface area contributed by atoms with Gasteiger partial charge in [0, 0.05) is 0 Å². The topological polar surface area (TPSA) is 55.8 Å². The normalized spacial score (nSPS) is 11.0. The number of hydrogen-bond donors (Lipinski definition) is 1. The van der Waals surface area contributed by atoms with Crippen molar-refractivity contribution in [3.8, 4) is 0 Å². The average molecular weight is 410 g/mol. The fourth-order valence-corrected chi connectivity index (χ4v) is 0.0319. The third-order valence-electron chi connectivity index (χ3n) is 0.174. The summed E-state index contributed by atoms with van der Waals surface area (Å²) in [7, 11) is -23.0. The SMILES string of the molecule is F[B-](F)(F)F.F[B-](F)(F)F.F[B-](F)(F)F.O=P(O)(OF)OF.[H-].[H-].[Li+].[Li+]. The second kappa shape index (κ2) is 17.0. The Morgan fingerprint density at radius 2 is 0.708 bits per heavy atom. The summed E-state index contributed by atoms with van der Waals surface area (Å²) in [4.78, 5) is 7.49. The molecule has 1 N–H and O–H groups in total. The molecule has 144 valence electrons. The first-order valence-corrected chi connectivity index (χ1v) is 5.17. The van der Waals surface area contributed by atoms with E-state index in [9.17, 15) is 65.4 Å². The van der Waals surface area contributed by atoms with E-state index in [0.717, 1.165) is 0 Å². The molecule has 24 heavy (non-hydrogen) atoms. The Hall–Kier alpha value is 0.520. The van der Waals surface area contributed by atoms with Crippen LogP contribution >= 0.6 is 7.82 Å². The maximum atomic E-state index is 10.4. The van der Waals surface area contributed by atoms with E-state index in [0.29, 0.717) is 0 Å². The molecule has 0 heterocycles. The molecule has 4 nitrogen and oxygen atoms in total. The predicted octanol–water partition coefficient (Wildman–Crippen LogP) is -0.978. The van der Waals surface area contributed by atoms with Crippen molar-refractivity contribution in [1.29, 1.82) is 0 Å². The Labute approximate surface area is 150 Å². The zero-order valence-electron chi connectivity index (χ0n) is 13.1. The smallest absolute Gasteiger partial charge is 1.00 e. The van der Waals surface area contributed by atoms with E-state index in [1.165, 1.54) is 0 Å². The van der Waals surface area contributed by atoms with Crippen molar-refractivity contribution in [1.82, 2.24) is 0 Å². The zero-order chi connectivity index (χ0) is 19.4. The van der Waals surface area contributed by atoms with Crippen LogP contribution in [0.25, 0.3) is 0 Å². The van der Waals surface area contributed by atoms with E-state index in [1.54, 1.807) is 0 Å². The Balaban J connectivity index is -0.0000000266. The summed E-state index contributed by atoms with van der Waals surface area (Å²) >= 11 is 0. The molecule has 0 aromatic rings. The zero-order valence-corrected chi connectivity index (χ0v) is 12.0. The standard InChI is InChI=1S/3BF4.F2HO4P.2Li.2H/c3*2-1(3,4)5;1-5-7(3,4)6-2;;;;/h;;;(H,3,4);;;;/q3*-1;;2*+1;2*-1. The molecule has 0 aliphatic heterocycles. The molecule has 24 heteroatoms. The Morgan fingerprint density at radius 3 is 0.708 bits per heavy atom. The second-order valence-electron chi connectivity index (χ2n) is 2.09. The number of hydrogen-bond acceptors (Lipinski definition) is 3. The molecule has 0 saturated carbocycles. The predicted molar refractivity (Wildman–Crippen MR) is 47.0 cm³/mol. The van der Waals surface area contributed by atoms with Crippen molar-refractivity contribution >= 4 is 29.6 Å². The van der Waals surface area contributed by atoms with E-state index < -0.39 is 29.6 Å². The van der Waals surface area contributed by atoms with E-state index in [1.807, 2.05) is 0 Å². The summed E-state index contributed by atoms with van der Waals surface area (Å²) in [6, 6.07) is 0. The van der Waals surface area contributed by atoms with Crippen molar-refractivity contribution in [3.05, 3.63) is 0 Å². The van der Waals surface area contributed by atoms with Crippen LogP contribution in [0.1, 0.15) is 2.85 Å². The van der Waals surface area contributed by atoms with Crippen LogP contribution in [0.4, 0.5) is 60.8 Å². The van der Waals surface area contributed by atoms with Gasteiger partial charge in [-0.2, -0.15) is 0 Å². The first-order valence-electron chi connectivity index (χ1n) is 3.67. The number of rotatable bonds is 2. The summed E-state index contributed by atoms with van der Waals surface area (Å²) in [5.41, 5.74) is 0. The van der Waals surface area contributed by atoms with Crippen LogP contribution in [0.5, 0.6) is 0 Å². The van der Waals surface area contributed by atoms with Gasteiger partial charge in [0.2, 0.25) is 0 Å². The maximum absolute atomic E-state index is 10.4. The molecule has 0 aliphatic rings. The first kappa shape index (κ1) is 39.5. The fraction of sp³-hybridized carbons (Fsp3) is 0. The summed E-state index contributed by atoms with van der Waals surface area (Å²) < 4.78 is 151. The summed E-state index contributed by atoms with van der Waals surface area (Å²) in [6.07, 6.45) is 0. The molecule has 0 unspecified atom stereocenters. The van der Waals surface area contributed by atoms with Crippen LogP contribution in [0, 0.1) is 0 Å². The molecule has 0 aromatic heterocycles. The molecule has 0 fully saturated rings. The van der Waals surface area contributed by atoms with Crippen molar-refractivity contribution in [3.63, 3.8) is 0 Å². The fourth-order valence-electron chi connectivity index (χ4n) is 0.0106.